The van der Waals surface area contributed by atoms with E-state index in [1.54, 1.807) is 0 Å². The van der Waals surface area contributed by atoms with Crippen molar-refractivity contribution in [3.8, 4) is 11.5 Å². The largest absolute Gasteiger partial charge is 0.494 e. The highest BCUT2D eigenvalue weighted by Crippen LogP contribution is 2.15. The lowest BCUT2D eigenvalue weighted by Crippen LogP contribution is -2.15. The molecule has 1 amide bonds. The summed E-state index contributed by atoms with van der Waals surface area (Å²) in [6.45, 7) is 2.91. The number of ether oxygens (including phenoxy) is 2. The predicted molar refractivity (Wildman–Crippen MR) is 82.8 cm³/mol. The molecular weight excluding hydrogens is 266 g/mol. The maximum Gasteiger partial charge on any atom is 0.227 e. The second-order valence-corrected chi connectivity index (χ2v) is 4.42. The molecule has 0 aliphatic rings. The van der Waals surface area contributed by atoms with Gasteiger partial charge in [-0.1, -0.05) is 18.2 Å². The van der Waals surface area contributed by atoms with Gasteiger partial charge in [0.1, 0.15) is 11.5 Å². The molecule has 0 unspecified atom stereocenters. The number of hydrogen-bond donors (Lipinski definition) is 1. The van der Waals surface area contributed by atoms with Crippen LogP contribution >= 0.6 is 0 Å². The molecule has 0 saturated carbocycles. The number of benzene rings is 2. The van der Waals surface area contributed by atoms with Crippen LogP contribution in [0.15, 0.2) is 54.6 Å². The Balaban J connectivity index is 1.74. The van der Waals surface area contributed by atoms with Gasteiger partial charge in [0.2, 0.25) is 5.91 Å². The maximum absolute atomic E-state index is 11.8. The minimum absolute atomic E-state index is 0.0740. The van der Waals surface area contributed by atoms with Crippen LogP contribution in [-0.4, -0.2) is 19.1 Å². The summed E-state index contributed by atoms with van der Waals surface area (Å²) in [6, 6.07) is 16.8. The molecule has 0 aliphatic carbocycles. The minimum Gasteiger partial charge on any atom is -0.494 e. The fourth-order valence-corrected chi connectivity index (χ4v) is 1.80. The van der Waals surface area contributed by atoms with Crippen LogP contribution in [0.25, 0.3) is 0 Å². The van der Waals surface area contributed by atoms with Gasteiger partial charge < -0.3 is 14.8 Å². The van der Waals surface area contributed by atoms with Crippen LogP contribution < -0.4 is 14.8 Å². The normalized spacial score (nSPS) is 9.95. The lowest BCUT2D eigenvalue weighted by molar-refractivity contribution is -0.116. The van der Waals surface area contributed by atoms with Gasteiger partial charge in [0, 0.05) is 5.69 Å². The van der Waals surface area contributed by atoms with Gasteiger partial charge in [-0.3, -0.25) is 4.79 Å². The van der Waals surface area contributed by atoms with E-state index in [9.17, 15) is 4.79 Å². The monoisotopic (exact) mass is 285 g/mol. The van der Waals surface area contributed by atoms with E-state index >= 15 is 0 Å². The third kappa shape index (κ3) is 5.18. The third-order valence-electron chi connectivity index (χ3n) is 2.79. The molecule has 0 radical (unpaired) electrons. The highest BCUT2D eigenvalue weighted by atomic mass is 16.5. The van der Waals surface area contributed by atoms with Crippen molar-refractivity contribution in [1.29, 1.82) is 0 Å². The average molecular weight is 285 g/mol. The Morgan fingerprint density at radius 3 is 2.29 bits per heavy atom. The van der Waals surface area contributed by atoms with Crippen LogP contribution in [-0.2, 0) is 4.79 Å². The van der Waals surface area contributed by atoms with E-state index in [-0.39, 0.29) is 5.91 Å². The molecule has 0 saturated heterocycles. The van der Waals surface area contributed by atoms with E-state index < -0.39 is 0 Å². The zero-order valence-electron chi connectivity index (χ0n) is 12.0. The number of amides is 1. The number of carbonyl (C=O) groups is 1. The maximum atomic E-state index is 11.8. The van der Waals surface area contributed by atoms with E-state index in [1.807, 2.05) is 61.5 Å². The molecule has 0 bridgehead atoms. The predicted octanol–water partition coefficient (Wildman–Crippen LogP) is 3.49. The molecule has 0 aliphatic heterocycles. The number of para-hydroxylation sites is 1. The first-order chi connectivity index (χ1) is 10.3. The summed E-state index contributed by atoms with van der Waals surface area (Å²) in [5.41, 5.74) is 0.753. The van der Waals surface area contributed by atoms with Crippen molar-refractivity contribution in [1.82, 2.24) is 0 Å². The van der Waals surface area contributed by atoms with Crippen molar-refractivity contribution in [2.45, 2.75) is 13.3 Å². The van der Waals surface area contributed by atoms with Crippen molar-refractivity contribution in [2.75, 3.05) is 18.5 Å². The Morgan fingerprint density at radius 1 is 0.952 bits per heavy atom. The summed E-state index contributed by atoms with van der Waals surface area (Å²) in [7, 11) is 0. The SMILES string of the molecule is CCOc1ccc(NC(=O)CCOc2ccccc2)cc1. The van der Waals surface area contributed by atoms with Gasteiger partial charge in [-0.05, 0) is 43.3 Å². The summed E-state index contributed by atoms with van der Waals surface area (Å²) in [5, 5.41) is 2.82. The number of nitrogens with one attached hydrogen (secondary N) is 1. The molecular formula is C17H19NO3. The first kappa shape index (κ1) is 14.9. The van der Waals surface area contributed by atoms with Crippen LogP contribution in [0.5, 0.6) is 11.5 Å². The van der Waals surface area contributed by atoms with Gasteiger partial charge in [0.15, 0.2) is 0 Å². The van der Waals surface area contributed by atoms with Gasteiger partial charge in [-0.2, -0.15) is 0 Å². The summed E-state index contributed by atoms with van der Waals surface area (Å²) < 4.78 is 10.8. The lowest BCUT2D eigenvalue weighted by atomic mass is 10.3. The first-order valence-corrected chi connectivity index (χ1v) is 6.98. The molecule has 0 fully saturated rings. The fraction of sp³-hybridized carbons (Fsp3) is 0.235. The smallest absolute Gasteiger partial charge is 0.227 e. The minimum atomic E-state index is -0.0740. The summed E-state index contributed by atoms with van der Waals surface area (Å²) >= 11 is 0. The average Bonchev–Trinajstić information content (AvgIpc) is 2.51. The van der Waals surface area contributed by atoms with Gasteiger partial charge in [-0.25, -0.2) is 0 Å². The Labute approximate surface area is 124 Å². The Bertz CT molecular complexity index is 552. The summed E-state index contributed by atoms with van der Waals surface area (Å²) in [5.74, 6) is 1.49. The molecule has 2 aromatic carbocycles. The number of anilines is 1. The van der Waals surface area contributed by atoms with Gasteiger partial charge in [0.25, 0.3) is 0 Å². The highest BCUT2D eigenvalue weighted by molar-refractivity contribution is 5.90. The molecule has 0 heterocycles. The molecule has 110 valence electrons. The number of carbonyl (C=O) groups excluding carboxylic acids is 1. The van der Waals surface area contributed by atoms with E-state index in [0.29, 0.717) is 19.6 Å². The van der Waals surface area contributed by atoms with Crippen molar-refractivity contribution in [3.05, 3.63) is 54.6 Å². The van der Waals surface area contributed by atoms with Gasteiger partial charge in [0.05, 0.1) is 19.6 Å². The van der Waals surface area contributed by atoms with E-state index in [1.165, 1.54) is 0 Å². The quantitative estimate of drug-likeness (QED) is 0.847. The third-order valence-corrected chi connectivity index (χ3v) is 2.79. The molecule has 2 aromatic rings. The number of rotatable bonds is 7. The Morgan fingerprint density at radius 2 is 1.62 bits per heavy atom. The second kappa shape index (κ2) is 7.94. The van der Waals surface area contributed by atoms with E-state index in [4.69, 9.17) is 9.47 Å². The topological polar surface area (TPSA) is 47.6 Å². The fourth-order valence-electron chi connectivity index (χ4n) is 1.80. The number of hydrogen-bond acceptors (Lipinski definition) is 3. The van der Waals surface area contributed by atoms with Crippen molar-refractivity contribution >= 4 is 11.6 Å². The van der Waals surface area contributed by atoms with Crippen molar-refractivity contribution in [2.24, 2.45) is 0 Å². The van der Waals surface area contributed by atoms with Crippen LogP contribution in [0.4, 0.5) is 5.69 Å². The first-order valence-electron chi connectivity index (χ1n) is 6.98. The van der Waals surface area contributed by atoms with Crippen molar-refractivity contribution in [3.63, 3.8) is 0 Å². The summed E-state index contributed by atoms with van der Waals surface area (Å²) in [6.07, 6.45) is 0.308. The summed E-state index contributed by atoms with van der Waals surface area (Å²) in [4.78, 5) is 11.8. The Kier molecular flexibility index (Phi) is 5.64. The Hall–Kier alpha value is -2.49. The van der Waals surface area contributed by atoms with Gasteiger partial charge in [-0.15, -0.1) is 0 Å². The zero-order valence-corrected chi connectivity index (χ0v) is 12.0. The van der Waals surface area contributed by atoms with Crippen LogP contribution in [0.2, 0.25) is 0 Å². The molecule has 2 rings (SSSR count). The van der Waals surface area contributed by atoms with Crippen molar-refractivity contribution < 1.29 is 14.3 Å². The zero-order chi connectivity index (χ0) is 14.9. The highest BCUT2D eigenvalue weighted by Gasteiger charge is 2.03. The molecule has 0 atom stereocenters. The lowest BCUT2D eigenvalue weighted by Gasteiger charge is -2.08. The van der Waals surface area contributed by atoms with Crippen LogP contribution in [0, 0.1) is 0 Å². The molecule has 4 nitrogen and oxygen atoms in total. The molecule has 21 heavy (non-hydrogen) atoms. The molecule has 0 aromatic heterocycles. The molecule has 4 heteroatoms. The van der Waals surface area contributed by atoms with Crippen LogP contribution in [0.1, 0.15) is 13.3 Å². The van der Waals surface area contributed by atoms with Crippen LogP contribution in [0.3, 0.4) is 0 Å². The molecule has 1 N–H and O–H groups in total. The second-order valence-electron chi connectivity index (χ2n) is 4.42. The standard InChI is InChI=1S/C17H19NO3/c1-2-20-16-10-8-14(9-11-16)18-17(19)12-13-21-15-6-4-3-5-7-15/h3-11H,2,12-13H2,1H3,(H,18,19). The van der Waals surface area contributed by atoms with E-state index in [2.05, 4.69) is 5.32 Å². The van der Waals surface area contributed by atoms with E-state index in [0.717, 1.165) is 17.2 Å². The molecule has 0 spiro atoms. The van der Waals surface area contributed by atoms with Gasteiger partial charge >= 0.3 is 0 Å².